The number of carbonyl (C=O) groups excluding carboxylic acids is 1. The van der Waals surface area contributed by atoms with Crippen LogP contribution >= 0.6 is 0 Å². The van der Waals surface area contributed by atoms with Crippen molar-refractivity contribution in [2.45, 2.75) is 12.8 Å². The Morgan fingerprint density at radius 2 is 2.46 bits per heavy atom. The minimum Gasteiger partial charge on any atom is -0.359 e. The molecule has 0 bridgehead atoms. The van der Waals surface area contributed by atoms with E-state index in [1.807, 2.05) is 12.1 Å². The number of hydrogen-bond acceptors (Lipinski definition) is 2. The Morgan fingerprint density at radius 1 is 1.54 bits per heavy atom. The standard InChI is InChI=1S/C10H14N2O/c13-10(9-4-2-6-12-9)8-3-1-5-11-7-8/h2,4,6,8,11-12H,1,3,5,7H2. The lowest BCUT2D eigenvalue weighted by Crippen LogP contribution is -2.34. The van der Waals surface area contributed by atoms with Gasteiger partial charge in [0, 0.05) is 18.7 Å². The number of carbonyl (C=O) groups is 1. The molecular weight excluding hydrogens is 164 g/mol. The lowest BCUT2D eigenvalue weighted by Gasteiger charge is -2.20. The SMILES string of the molecule is O=C(c1ccc[nH]1)C1CCCNC1. The van der Waals surface area contributed by atoms with Gasteiger partial charge in [0.25, 0.3) is 0 Å². The van der Waals surface area contributed by atoms with E-state index in [9.17, 15) is 4.79 Å². The summed E-state index contributed by atoms with van der Waals surface area (Å²) < 4.78 is 0. The highest BCUT2D eigenvalue weighted by molar-refractivity contribution is 5.96. The maximum atomic E-state index is 11.8. The quantitative estimate of drug-likeness (QED) is 0.668. The summed E-state index contributed by atoms with van der Waals surface area (Å²) in [6, 6.07) is 3.71. The zero-order valence-electron chi connectivity index (χ0n) is 7.55. The number of piperidine rings is 1. The summed E-state index contributed by atoms with van der Waals surface area (Å²) in [5.74, 6) is 0.421. The van der Waals surface area contributed by atoms with Crippen LogP contribution in [0.15, 0.2) is 18.3 Å². The van der Waals surface area contributed by atoms with E-state index in [1.54, 1.807) is 6.20 Å². The molecule has 0 radical (unpaired) electrons. The van der Waals surface area contributed by atoms with Crippen molar-refractivity contribution in [3.63, 3.8) is 0 Å². The van der Waals surface area contributed by atoms with Crippen LogP contribution < -0.4 is 5.32 Å². The number of aromatic nitrogens is 1. The molecule has 2 heterocycles. The van der Waals surface area contributed by atoms with Crippen LogP contribution in [-0.2, 0) is 0 Å². The van der Waals surface area contributed by atoms with Gasteiger partial charge in [-0.1, -0.05) is 0 Å². The summed E-state index contributed by atoms with van der Waals surface area (Å²) in [6.07, 6.45) is 3.92. The van der Waals surface area contributed by atoms with Crippen LogP contribution in [-0.4, -0.2) is 23.9 Å². The van der Waals surface area contributed by atoms with Crippen LogP contribution in [0.25, 0.3) is 0 Å². The molecule has 1 aromatic heterocycles. The zero-order chi connectivity index (χ0) is 9.10. The van der Waals surface area contributed by atoms with Crippen molar-refractivity contribution < 1.29 is 4.79 Å². The number of rotatable bonds is 2. The minimum absolute atomic E-state index is 0.174. The van der Waals surface area contributed by atoms with Gasteiger partial charge in [-0.3, -0.25) is 4.79 Å². The summed E-state index contributed by atoms with van der Waals surface area (Å²) in [4.78, 5) is 14.7. The Kier molecular flexibility index (Phi) is 2.45. The Bertz CT molecular complexity index is 273. The molecule has 0 aromatic carbocycles. The molecule has 1 aromatic rings. The normalized spacial score (nSPS) is 22.9. The van der Waals surface area contributed by atoms with Gasteiger partial charge in [0.2, 0.25) is 0 Å². The van der Waals surface area contributed by atoms with Gasteiger partial charge >= 0.3 is 0 Å². The summed E-state index contributed by atoms with van der Waals surface area (Å²) in [6.45, 7) is 1.88. The van der Waals surface area contributed by atoms with E-state index in [2.05, 4.69) is 10.3 Å². The van der Waals surface area contributed by atoms with Gasteiger partial charge in [0.1, 0.15) is 0 Å². The van der Waals surface area contributed by atoms with Crippen molar-refractivity contribution in [2.75, 3.05) is 13.1 Å². The molecule has 0 spiro atoms. The second-order valence-electron chi connectivity index (χ2n) is 3.49. The van der Waals surface area contributed by atoms with Gasteiger partial charge < -0.3 is 10.3 Å². The molecule has 70 valence electrons. The summed E-state index contributed by atoms with van der Waals surface area (Å²) >= 11 is 0. The van der Waals surface area contributed by atoms with Gasteiger partial charge in [-0.25, -0.2) is 0 Å². The first-order valence-corrected chi connectivity index (χ1v) is 4.76. The molecule has 0 saturated carbocycles. The number of H-pyrrole nitrogens is 1. The number of Topliss-reactive ketones (excluding diaryl/α,β-unsaturated/α-hetero) is 1. The molecule has 2 rings (SSSR count). The number of hydrogen-bond donors (Lipinski definition) is 2. The van der Waals surface area contributed by atoms with E-state index < -0.39 is 0 Å². The molecule has 0 amide bonds. The largest absolute Gasteiger partial charge is 0.359 e. The predicted octanol–water partition coefficient (Wildman–Crippen LogP) is 1.20. The lowest BCUT2D eigenvalue weighted by molar-refractivity contribution is 0.0895. The first-order chi connectivity index (χ1) is 6.38. The Balaban J connectivity index is 2.04. The molecule has 0 aliphatic carbocycles. The third-order valence-electron chi connectivity index (χ3n) is 2.53. The third-order valence-corrected chi connectivity index (χ3v) is 2.53. The first kappa shape index (κ1) is 8.51. The fourth-order valence-electron chi connectivity index (χ4n) is 1.78. The molecule has 1 unspecified atom stereocenters. The molecule has 1 aliphatic rings. The maximum absolute atomic E-state index is 11.8. The molecule has 1 fully saturated rings. The molecule has 1 saturated heterocycles. The van der Waals surface area contributed by atoms with Crippen LogP contribution in [0.2, 0.25) is 0 Å². The highest BCUT2D eigenvalue weighted by atomic mass is 16.1. The Labute approximate surface area is 77.5 Å². The summed E-state index contributed by atoms with van der Waals surface area (Å²) in [5, 5.41) is 3.24. The molecule has 13 heavy (non-hydrogen) atoms. The van der Waals surface area contributed by atoms with E-state index in [-0.39, 0.29) is 11.7 Å². The molecule has 1 aliphatic heterocycles. The van der Waals surface area contributed by atoms with Crippen molar-refractivity contribution in [1.82, 2.24) is 10.3 Å². The third kappa shape index (κ3) is 1.80. The summed E-state index contributed by atoms with van der Waals surface area (Å²) in [7, 11) is 0. The number of nitrogens with one attached hydrogen (secondary N) is 2. The second kappa shape index (κ2) is 3.75. The zero-order valence-corrected chi connectivity index (χ0v) is 7.55. The van der Waals surface area contributed by atoms with Gasteiger partial charge in [0.05, 0.1) is 5.69 Å². The van der Waals surface area contributed by atoms with Gasteiger partial charge in [-0.15, -0.1) is 0 Å². The van der Waals surface area contributed by atoms with Crippen molar-refractivity contribution >= 4 is 5.78 Å². The highest BCUT2D eigenvalue weighted by Gasteiger charge is 2.22. The Morgan fingerprint density at radius 3 is 3.08 bits per heavy atom. The van der Waals surface area contributed by atoms with Crippen LogP contribution in [0.3, 0.4) is 0 Å². The fourth-order valence-corrected chi connectivity index (χ4v) is 1.78. The number of ketones is 1. The van der Waals surface area contributed by atoms with Gasteiger partial charge in [0.15, 0.2) is 5.78 Å². The molecule has 2 N–H and O–H groups in total. The molecule has 1 atom stereocenters. The van der Waals surface area contributed by atoms with Crippen LogP contribution in [0.4, 0.5) is 0 Å². The van der Waals surface area contributed by atoms with E-state index >= 15 is 0 Å². The van der Waals surface area contributed by atoms with E-state index in [0.717, 1.165) is 31.6 Å². The van der Waals surface area contributed by atoms with E-state index in [0.29, 0.717) is 0 Å². The van der Waals surface area contributed by atoms with E-state index in [1.165, 1.54) is 0 Å². The average Bonchev–Trinajstić information content (AvgIpc) is 2.71. The maximum Gasteiger partial charge on any atom is 0.183 e. The lowest BCUT2D eigenvalue weighted by atomic mass is 9.93. The average molecular weight is 178 g/mol. The van der Waals surface area contributed by atoms with Crippen molar-refractivity contribution in [3.8, 4) is 0 Å². The fraction of sp³-hybridized carbons (Fsp3) is 0.500. The van der Waals surface area contributed by atoms with Crippen LogP contribution in [0.5, 0.6) is 0 Å². The topological polar surface area (TPSA) is 44.9 Å². The van der Waals surface area contributed by atoms with Crippen LogP contribution in [0, 0.1) is 5.92 Å². The molecule has 3 heteroatoms. The molecule has 3 nitrogen and oxygen atoms in total. The number of aromatic amines is 1. The van der Waals surface area contributed by atoms with Gasteiger partial charge in [-0.05, 0) is 31.5 Å². The minimum atomic E-state index is 0.174. The Hall–Kier alpha value is -1.09. The van der Waals surface area contributed by atoms with Gasteiger partial charge in [-0.2, -0.15) is 0 Å². The first-order valence-electron chi connectivity index (χ1n) is 4.76. The van der Waals surface area contributed by atoms with E-state index in [4.69, 9.17) is 0 Å². The molecular formula is C10H14N2O. The monoisotopic (exact) mass is 178 g/mol. The van der Waals surface area contributed by atoms with Crippen molar-refractivity contribution in [3.05, 3.63) is 24.0 Å². The smallest absolute Gasteiger partial charge is 0.183 e. The van der Waals surface area contributed by atoms with Crippen molar-refractivity contribution in [1.29, 1.82) is 0 Å². The predicted molar refractivity (Wildman–Crippen MR) is 50.7 cm³/mol. The van der Waals surface area contributed by atoms with Crippen LogP contribution in [0.1, 0.15) is 23.3 Å². The summed E-state index contributed by atoms with van der Waals surface area (Å²) in [5.41, 5.74) is 0.744. The van der Waals surface area contributed by atoms with Crippen molar-refractivity contribution in [2.24, 2.45) is 5.92 Å². The highest BCUT2D eigenvalue weighted by Crippen LogP contribution is 2.15. The second-order valence-corrected chi connectivity index (χ2v) is 3.49.